The third-order valence-corrected chi connectivity index (χ3v) is 6.11. The maximum atomic E-state index is 13.5. The molecule has 4 rings (SSSR count). The molecule has 3 amide bonds. The van der Waals surface area contributed by atoms with Crippen LogP contribution in [0.1, 0.15) is 11.6 Å². The van der Waals surface area contributed by atoms with Crippen molar-refractivity contribution >= 4 is 11.9 Å². The summed E-state index contributed by atoms with van der Waals surface area (Å²) in [5, 5.41) is 2.99. The Labute approximate surface area is 188 Å². The summed E-state index contributed by atoms with van der Waals surface area (Å²) in [5.41, 5.74) is 2.06. The summed E-state index contributed by atoms with van der Waals surface area (Å²) in [6, 6.07) is 4.58. The molecule has 0 radical (unpaired) electrons. The molecule has 1 N–H and O–H groups in total. The van der Waals surface area contributed by atoms with E-state index in [-0.39, 0.29) is 11.9 Å². The van der Waals surface area contributed by atoms with Crippen molar-refractivity contribution < 1.29 is 23.8 Å². The molecule has 0 bridgehead atoms. The number of morpholine rings is 1. The van der Waals surface area contributed by atoms with E-state index in [1.807, 2.05) is 17.0 Å². The zero-order chi connectivity index (χ0) is 22.7. The zero-order valence-corrected chi connectivity index (χ0v) is 18.6. The van der Waals surface area contributed by atoms with Crippen molar-refractivity contribution in [2.45, 2.75) is 6.04 Å². The van der Waals surface area contributed by atoms with E-state index in [4.69, 9.17) is 14.2 Å². The molecule has 9 heteroatoms. The van der Waals surface area contributed by atoms with E-state index < -0.39 is 6.04 Å². The molecule has 9 nitrogen and oxygen atoms in total. The van der Waals surface area contributed by atoms with Gasteiger partial charge in [0, 0.05) is 38.8 Å². The van der Waals surface area contributed by atoms with E-state index in [9.17, 15) is 9.59 Å². The van der Waals surface area contributed by atoms with Crippen LogP contribution in [0, 0.1) is 0 Å². The summed E-state index contributed by atoms with van der Waals surface area (Å²) in [7, 11) is 3.14. The standard InChI is InChI=1S/C23H30N4O5/c1-4-5-27-19-15-26(7-6-25-8-10-32-11-9-25)22(28)20(19)21(24-23(27)29)16-12-17(30-2)14-18(13-16)31-3/h4,12-14,21H,1,5-11,15H2,2-3H3,(H,24,29). The van der Waals surface area contributed by atoms with Crippen LogP contribution in [0.15, 0.2) is 42.1 Å². The first kappa shape index (κ1) is 22.2. The van der Waals surface area contributed by atoms with Crippen LogP contribution in [-0.2, 0) is 9.53 Å². The van der Waals surface area contributed by atoms with Crippen LogP contribution in [0.2, 0.25) is 0 Å². The minimum atomic E-state index is -0.580. The first-order valence-electron chi connectivity index (χ1n) is 10.8. The van der Waals surface area contributed by atoms with Gasteiger partial charge in [-0.05, 0) is 17.7 Å². The van der Waals surface area contributed by atoms with Gasteiger partial charge in [-0.1, -0.05) is 6.08 Å². The Hall–Kier alpha value is -3.04. The van der Waals surface area contributed by atoms with Crippen molar-refractivity contribution in [3.05, 3.63) is 47.7 Å². The topological polar surface area (TPSA) is 83.6 Å². The second-order valence-electron chi connectivity index (χ2n) is 7.97. The number of ether oxygens (including phenoxy) is 3. The third-order valence-electron chi connectivity index (χ3n) is 6.11. The Morgan fingerprint density at radius 3 is 2.44 bits per heavy atom. The molecule has 1 aromatic carbocycles. The molecule has 0 aromatic heterocycles. The summed E-state index contributed by atoms with van der Waals surface area (Å²) in [6.07, 6.45) is 1.67. The number of benzene rings is 1. The second-order valence-corrected chi connectivity index (χ2v) is 7.97. The van der Waals surface area contributed by atoms with Crippen LogP contribution < -0.4 is 14.8 Å². The van der Waals surface area contributed by atoms with Gasteiger partial charge in [0.05, 0.1) is 51.3 Å². The number of carbonyl (C=O) groups is 2. The third kappa shape index (κ3) is 4.31. The first-order valence-corrected chi connectivity index (χ1v) is 10.8. The lowest BCUT2D eigenvalue weighted by atomic mass is 9.95. The quantitative estimate of drug-likeness (QED) is 0.613. The molecule has 3 heterocycles. The molecular weight excluding hydrogens is 412 g/mol. The van der Waals surface area contributed by atoms with Crippen molar-refractivity contribution in [2.75, 3.05) is 66.7 Å². The van der Waals surface area contributed by atoms with Crippen molar-refractivity contribution in [1.29, 1.82) is 0 Å². The predicted molar refractivity (Wildman–Crippen MR) is 119 cm³/mol. The van der Waals surface area contributed by atoms with E-state index in [2.05, 4.69) is 16.8 Å². The largest absolute Gasteiger partial charge is 0.497 e. The van der Waals surface area contributed by atoms with Gasteiger partial charge in [0.2, 0.25) is 0 Å². The van der Waals surface area contributed by atoms with Crippen LogP contribution in [-0.4, -0.2) is 93.3 Å². The number of nitrogens with one attached hydrogen (secondary N) is 1. The van der Waals surface area contributed by atoms with E-state index in [0.29, 0.717) is 49.9 Å². The highest BCUT2D eigenvalue weighted by Crippen LogP contribution is 2.38. The average Bonchev–Trinajstić information content (AvgIpc) is 3.15. The van der Waals surface area contributed by atoms with Crippen LogP contribution in [0.4, 0.5) is 4.79 Å². The number of nitrogens with zero attached hydrogens (tertiary/aromatic N) is 3. The fourth-order valence-corrected chi connectivity index (χ4v) is 4.38. The Morgan fingerprint density at radius 1 is 1.12 bits per heavy atom. The molecule has 1 fully saturated rings. The van der Waals surface area contributed by atoms with Crippen molar-refractivity contribution in [2.24, 2.45) is 0 Å². The van der Waals surface area contributed by atoms with Crippen molar-refractivity contribution in [3.63, 3.8) is 0 Å². The minimum absolute atomic E-state index is 0.0610. The van der Waals surface area contributed by atoms with Gasteiger partial charge in [-0.3, -0.25) is 14.6 Å². The van der Waals surface area contributed by atoms with Gasteiger partial charge in [-0.15, -0.1) is 6.58 Å². The van der Waals surface area contributed by atoms with Gasteiger partial charge in [-0.25, -0.2) is 4.79 Å². The highest BCUT2D eigenvalue weighted by molar-refractivity contribution is 6.01. The number of hydrogen-bond donors (Lipinski definition) is 1. The summed E-state index contributed by atoms with van der Waals surface area (Å²) >= 11 is 0. The molecule has 0 spiro atoms. The molecule has 3 aliphatic heterocycles. The Bertz CT molecular complexity index is 903. The SMILES string of the molecule is C=CCN1C(=O)NC(c2cc(OC)cc(OC)c2)C2=C1CN(CCN1CCOCC1)C2=O. The van der Waals surface area contributed by atoms with Crippen LogP contribution >= 0.6 is 0 Å². The van der Waals surface area contributed by atoms with E-state index in [0.717, 1.165) is 30.9 Å². The Balaban J connectivity index is 1.63. The number of hydrogen-bond acceptors (Lipinski definition) is 6. The van der Waals surface area contributed by atoms with Gasteiger partial charge in [0.15, 0.2) is 0 Å². The lowest BCUT2D eigenvalue weighted by Gasteiger charge is -2.33. The van der Waals surface area contributed by atoms with Crippen LogP contribution in [0.25, 0.3) is 0 Å². The van der Waals surface area contributed by atoms with E-state index in [1.54, 1.807) is 31.3 Å². The molecular formula is C23H30N4O5. The smallest absolute Gasteiger partial charge is 0.322 e. The van der Waals surface area contributed by atoms with E-state index >= 15 is 0 Å². The molecule has 32 heavy (non-hydrogen) atoms. The van der Waals surface area contributed by atoms with E-state index in [1.165, 1.54) is 0 Å². The Kier molecular flexibility index (Phi) is 6.66. The van der Waals surface area contributed by atoms with Gasteiger partial charge in [0.1, 0.15) is 11.5 Å². The zero-order valence-electron chi connectivity index (χ0n) is 18.6. The van der Waals surface area contributed by atoms with Crippen LogP contribution in [0.5, 0.6) is 11.5 Å². The van der Waals surface area contributed by atoms with Crippen molar-refractivity contribution in [1.82, 2.24) is 20.0 Å². The molecule has 1 unspecified atom stereocenters. The maximum Gasteiger partial charge on any atom is 0.322 e. The molecule has 0 aliphatic carbocycles. The molecule has 1 aromatic rings. The number of carbonyl (C=O) groups excluding carboxylic acids is 2. The molecule has 1 saturated heterocycles. The Morgan fingerprint density at radius 2 is 1.81 bits per heavy atom. The number of rotatable bonds is 8. The van der Waals surface area contributed by atoms with Gasteiger partial charge in [-0.2, -0.15) is 0 Å². The molecule has 3 aliphatic rings. The summed E-state index contributed by atoms with van der Waals surface area (Å²) in [5.74, 6) is 1.13. The highest BCUT2D eigenvalue weighted by atomic mass is 16.5. The first-order chi connectivity index (χ1) is 15.5. The van der Waals surface area contributed by atoms with Crippen LogP contribution in [0.3, 0.4) is 0 Å². The monoisotopic (exact) mass is 442 g/mol. The lowest BCUT2D eigenvalue weighted by molar-refractivity contribution is -0.126. The minimum Gasteiger partial charge on any atom is -0.497 e. The van der Waals surface area contributed by atoms with Crippen molar-refractivity contribution in [3.8, 4) is 11.5 Å². The normalized spacial score (nSPS) is 21.5. The predicted octanol–water partition coefficient (Wildman–Crippen LogP) is 1.38. The van der Waals surface area contributed by atoms with Gasteiger partial charge >= 0.3 is 6.03 Å². The number of urea groups is 1. The maximum absolute atomic E-state index is 13.5. The fraction of sp³-hybridized carbons (Fsp3) is 0.478. The molecule has 172 valence electrons. The fourth-order valence-electron chi connectivity index (χ4n) is 4.38. The summed E-state index contributed by atoms with van der Waals surface area (Å²) in [6.45, 7) is 9.03. The highest BCUT2D eigenvalue weighted by Gasteiger charge is 2.43. The second kappa shape index (κ2) is 9.62. The molecule has 0 saturated carbocycles. The summed E-state index contributed by atoms with van der Waals surface area (Å²) < 4.78 is 16.2. The number of amides is 3. The lowest BCUT2D eigenvalue weighted by Crippen LogP contribution is -2.47. The summed E-state index contributed by atoms with van der Waals surface area (Å²) in [4.78, 5) is 32.2. The molecule has 1 atom stereocenters. The van der Waals surface area contributed by atoms with Gasteiger partial charge in [0.25, 0.3) is 5.91 Å². The van der Waals surface area contributed by atoms with Gasteiger partial charge < -0.3 is 24.4 Å². The number of methoxy groups -OCH3 is 2. The average molecular weight is 443 g/mol.